The Morgan fingerprint density at radius 1 is 0.780 bits per heavy atom. The number of nitrogens with one attached hydrogen (secondary N) is 4. The molecule has 9 atom stereocenters. The molecule has 4 amide bonds. The van der Waals surface area contributed by atoms with Crippen LogP contribution in [0.1, 0.15) is 94.1 Å². The van der Waals surface area contributed by atoms with Gasteiger partial charge in [-0.05, 0) is 58.9 Å². The van der Waals surface area contributed by atoms with Crippen LogP contribution in [-0.2, 0) is 49.5 Å². The van der Waals surface area contributed by atoms with E-state index in [0.29, 0.717) is 6.42 Å². The second-order valence-corrected chi connectivity index (χ2v) is 16.4. The van der Waals surface area contributed by atoms with Gasteiger partial charge in [0.25, 0.3) is 0 Å². The van der Waals surface area contributed by atoms with Gasteiger partial charge in [0.05, 0.1) is 36.5 Å². The number of methoxy groups -OCH3 is 1. The van der Waals surface area contributed by atoms with Gasteiger partial charge in [0.1, 0.15) is 23.7 Å². The van der Waals surface area contributed by atoms with Crippen molar-refractivity contribution in [3.8, 4) is 0 Å². The largest absolute Gasteiger partial charge is 0.480 e. The maximum absolute atomic E-state index is 13.5. The van der Waals surface area contributed by atoms with Crippen LogP contribution in [0, 0.1) is 23.7 Å². The number of allylic oxidation sites excluding steroid dienone is 2. The number of hydrogen-bond donors (Lipinski definition) is 7. The molecule has 1 aromatic rings. The number of carbonyl (C=O) groups is 7. The van der Waals surface area contributed by atoms with Gasteiger partial charge in [-0.1, -0.05) is 88.8 Å². The topological polar surface area (TPSA) is 247 Å². The van der Waals surface area contributed by atoms with Gasteiger partial charge in [-0.3, -0.25) is 19.2 Å². The number of rotatable bonds is 24. The van der Waals surface area contributed by atoms with Crippen molar-refractivity contribution >= 4 is 41.5 Å². The lowest BCUT2D eigenvalue weighted by Gasteiger charge is -2.28. The van der Waals surface area contributed by atoms with E-state index in [1.54, 1.807) is 53.9 Å². The molecule has 7 N–H and O–H groups in total. The maximum atomic E-state index is 13.5. The molecule has 0 saturated heterocycles. The third-order valence-corrected chi connectivity index (χ3v) is 9.42. The molecule has 0 aliphatic carbocycles. The first kappa shape index (κ1) is 51.9. The highest BCUT2D eigenvalue weighted by molar-refractivity contribution is 5.92. The predicted molar refractivity (Wildman–Crippen MR) is 221 cm³/mol. The number of carboxylic acid groups (broad SMARTS) is 2. The number of amides is 4. The molecule has 16 nitrogen and oxygen atoms in total. The standard InChI is InChI=1S/C43H66N4O12/c1-24(2)36(42(57)59-43(8,9)10)47-39(52)29(7)37(41(55)56)46-34(49)20-19-32(40(53)54)45-38(51)28(6)31(44-35(50)22-27(5)48)18-17-25(3)21-26(4)33(58-11)23-30-15-13-12-14-16-30/h12-18,21,24,26-29,31-33,36-37,48H,19-20,22-23H2,1-11H3,(H,44,50)(H,45,51)(H,46,49)(H,47,52)(H,53,54)(H,55,56)/b18-17+,25-21+/t26-,27+,28-,29-,31-,32+,33-,36-,37+/m0/s1. The zero-order valence-corrected chi connectivity index (χ0v) is 36.2. The van der Waals surface area contributed by atoms with Crippen LogP contribution in [0.2, 0.25) is 0 Å². The first-order chi connectivity index (χ1) is 27.4. The number of aliphatic hydroxyl groups excluding tert-OH is 1. The second kappa shape index (κ2) is 24.7. The Bertz CT molecular complexity index is 1640. The summed E-state index contributed by atoms with van der Waals surface area (Å²) in [5.74, 6) is -9.58. The van der Waals surface area contributed by atoms with Crippen LogP contribution in [0.3, 0.4) is 0 Å². The van der Waals surface area contributed by atoms with Crippen LogP contribution in [0.4, 0.5) is 0 Å². The minimum absolute atomic E-state index is 0.0186. The van der Waals surface area contributed by atoms with E-state index in [2.05, 4.69) is 21.3 Å². The molecule has 1 aromatic carbocycles. The molecule has 1 rings (SSSR count). The minimum atomic E-state index is -1.74. The molecule has 0 unspecified atom stereocenters. The molecule has 0 saturated carbocycles. The fourth-order valence-corrected chi connectivity index (χ4v) is 5.96. The molecule has 0 bridgehead atoms. The Kier molecular flexibility index (Phi) is 21.8. The predicted octanol–water partition coefficient (Wildman–Crippen LogP) is 3.31. The summed E-state index contributed by atoms with van der Waals surface area (Å²) in [5, 5.41) is 39.4. The van der Waals surface area contributed by atoms with E-state index in [-0.39, 0.29) is 18.4 Å². The van der Waals surface area contributed by atoms with Crippen LogP contribution in [0.15, 0.2) is 54.1 Å². The summed E-state index contributed by atoms with van der Waals surface area (Å²) in [7, 11) is 1.64. The molecule has 330 valence electrons. The lowest BCUT2D eigenvalue weighted by molar-refractivity contribution is -0.160. The molecule has 16 heteroatoms. The summed E-state index contributed by atoms with van der Waals surface area (Å²) in [6.45, 7) is 16.4. The Hall–Kier alpha value is -5.09. The van der Waals surface area contributed by atoms with E-state index >= 15 is 0 Å². The van der Waals surface area contributed by atoms with Gasteiger partial charge in [-0.15, -0.1) is 0 Å². The second-order valence-electron chi connectivity index (χ2n) is 16.4. The quantitative estimate of drug-likeness (QED) is 0.0586. The third kappa shape index (κ3) is 19.5. The summed E-state index contributed by atoms with van der Waals surface area (Å²) >= 11 is 0. The van der Waals surface area contributed by atoms with Crippen molar-refractivity contribution in [1.29, 1.82) is 0 Å². The van der Waals surface area contributed by atoms with E-state index in [4.69, 9.17) is 9.47 Å². The van der Waals surface area contributed by atoms with Crippen LogP contribution in [-0.4, -0.2) is 106 Å². The van der Waals surface area contributed by atoms with Crippen molar-refractivity contribution in [2.75, 3.05) is 7.11 Å². The molecule has 0 aliphatic rings. The average molecular weight is 831 g/mol. The van der Waals surface area contributed by atoms with Crippen molar-refractivity contribution < 1.29 is 58.4 Å². The van der Waals surface area contributed by atoms with Crippen LogP contribution >= 0.6 is 0 Å². The summed E-state index contributed by atoms with van der Waals surface area (Å²) < 4.78 is 11.1. The monoisotopic (exact) mass is 830 g/mol. The summed E-state index contributed by atoms with van der Waals surface area (Å²) in [6.07, 6.45) is 3.68. The van der Waals surface area contributed by atoms with Crippen molar-refractivity contribution in [2.45, 2.75) is 137 Å². The number of ether oxygens (including phenoxy) is 2. The highest BCUT2D eigenvalue weighted by Gasteiger charge is 2.36. The average Bonchev–Trinajstić information content (AvgIpc) is 3.13. The lowest BCUT2D eigenvalue weighted by atomic mass is 9.94. The molecule has 0 aromatic heterocycles. The maximum Gasteiger partial charge on any atom is 0.329 e. The van der Waals surface area contributed by atoms with Crippen molar-refractivity contribution in [3.63, 3.8) is 0 Å². The molecule has 59 heavy (non-hydrogen) atoms. The zero-order valence-electron chi connectivity index (χ0n) is 36.2. The number of aliphatic carboxylic acids is 2. The number of carbonyl (C=O) groups excluding carboxylic acids is 5. The summed E-state index contributed by atoms with van der Waals surface area (Å²) in [5.41, 5.74) is 1.08. The minimum Gasteiger partial charge on any atom is -0.480 e. The lowest BCUT2D eigenvalue weighted by Crippen LogP contribution is -2.54. The number of aliphatic hydroxyl groups is 1. The fraction of sp³-hybridized carbons (Fsp3) is 0.605. The normalized spacial score (nSPS) is 16.7. The van der Waals surface area contributed by atoms with E-state index in [9.17, 15) is 48.9 Å². The molecule has 0 heterocycles. The highest BCUT2D eigenvalue weighted by atomic mass is 16.6. The zero-order chi connectivity index (χ0) is 45.2. The smallest absolute Gasteiger partial charge is 0.329 e. The van der Waals surface area contributed by atoms with Gasteiger partial charge in [0.2, 0.25) is 23.6 Å². The molecule has 0 radical (unpaired) electrons. The Labute approximate surface area is 347 Å². The number of esters is 1. The highest BCUT2D eigenvalue weighted by Crippen LogP contribution is 2.19. The van der Waals surface area contributed by atoms with Crippen LogP contribution < -0.4 is 21.3 Å². The molecule has 0 fully saturated rings. The summed E-state index contributed by atoms with van der Waals surface area (Å²) in [6, 6.07) is 4.53. The van der Waals surface area contributed by atoms with Gasteiger partial charge in [-0.2, -0.15) is 0 Å². The molecular weight excluding hydrogens is 764 g/mol. The number of carboxylic acids is 2. The van der Waals surface area contributed by atoms with Crippen LogP contribution in [0.25, 0.3) is 0 Å². The van der Waals surface area contributed by atoms with Crippen molar-refractivity contribution in [2.24, 2.45) is 23.7 Å². The first-order valence-electron chi connectivity index (χ1n) is 19.9. The van der Waals surface area contributed by atoms with Gasteiger partial charge < -0.3 is 46.1 Å². The van der Waals surface area contributed by atoms with Crippen LogP contribution in [0.5, 0.6) is 0 Å². The molecule has 0 spiro atoms. The Balaban J connectivity index is 3.09. The third-order valence-electron chi connectivity index (χ3n) is 9.42. The first-order valence-corrected chi connectivity index (χ1v) is 19.9. The van der Waals surface area contributed by atoms with E-state index in [1.165, 1.54) is 20.8 Å². The van der Waals surface area contributed by atoms with Gasteiger partial charge >= 0.3 is 17.9 Å². The van der Waals surface area contributed by atoms with Crippen molar-refractivity contribution in [3.05, 3.63) is 59.7 Å². The van der Waals surface area contributed by atoms with E-state index in [0.717, 1.165) is 11.1 Å². The summed E-state index contributed by atoms with van der Waals surface area (Å²) in [4.78, 5) is 89.3. The van der Waals surface area contributed by atoms with Gasteiger partial charge in [-0.25, -0.2) is 14.4 Å². The van der Waals surface area contributed by atoms with E-state index < -0.39 is 108 Å². The van der Waals surface area contributed by atoms with Gasteiger partial charge in [0, 0.05) is 19.4 Å². The Morgan fingerprint density at radius 2 is 1.37 bits per heavy atom. The van der Waals surface area contributed by atoms with E-state index in [1.807, 2.05) is 50.3 Å². The molecular formula is C43H66N4O12. The molecule has 0 aliphatic heterocycles. The Morgan fingerprint density at radius 3 is 1.88 bits per heavy atom. The van der Waals surface area contributed by atoms with Crippen molar-refractivity contribution in [1.82, 2.24) is 21.3 Å². The number of benzene rings is 1. The SMILES string of the molecule is CO[C@@H](Cc1ccccc1)[C@@H](C)/C=C(C)/C=C/[C@H](NC(=O)C[C@@H](C)O)[C@H](C)C(=O)N[C@H](CCC(=O)N[C@@H](C(=O)O)[C@H](C)C(=O)N[C@H](C(=O)OC(C)(C)C)C(C)C)C(=O)O. The fourth-order valence-electron chi connectivity index (χ4n) is 5.96. The van der Waals surface area contributed by atoms with Gasteiger partial charge in [0.15, 0.2) is 0 Å². The number of hydrogen-bond acceptors (Lipinski definition) is 10.